The van der Waals surface area contributed by atoms with E-state index in [0.717, 1.165) is 31.7 Å². The first kappa shape index (κ1) is 17.6. The zero-order valence-electron chi connectivity index (χ0n) is 13.7. The van der Waals surface area contributed by atoms with E-state index in [0.29, 0.717) is 24.4 Å². The molecule has 6 nitrogen and oxygen atoms in total. The van der Waals surface area contributed by atoms with Crippen LogP contribution in [0.25, 0.3) is 0 Å². The van der Waals surface area contributed by atoms with Gasteiger partial charge in [0.2, 0.25) is 5.91 Å². The van der Waals surface area contributed by atoms with Gasteiger partial charge in [0.05, 0.1) is 5.69 Å². The number of nitrogens with one attached hydrogen (secondary N) is 1. The number of nitrogens with zero attached hydrogens (tertiary/aromatic N) is 4. The first-order valence-electron chi connectivity index (χ1n) is 7.95. The minimum absolute atomic E-state index is 0.0499. The Kier molecular flexibility index (Phi) is 6.25. The van der Waals surface area contributed by atoms with Crippen LogP contribution in [0.15, 0.2) is 15.6 Å². The van der Waals surface area contributed by atoms with Crippen LogP contribution in [0.4, 0.5) is 5.13 Å². The molecule has 1 aliphatic heterocycles. The molecule has 0 aliphatic carbocycles. The van der Waals surface area contributed by atoms with E-state index in [-0.39, 0.29) is 5.91 Å². The summed E-state index contributed by atoms with van der Waals surface area (Å²) >= 11 is 1.46. The van der Waals surface area contributed by atoms with Gasteiger partial charge >= 0.3 is 0 Å². The number of carbonyl (C=O) groups excluding carboxylic acids is 1. The largest absolute Gasteiger partial charge is 0.302 e. The molecule has 0 fully saturated rings. The van der Waals surface area contributed by atoms with Crippen molar-refractivity contribution >= 4 is 22.4 Å². The van der Waals surface area contributed by atoms with Crippen molar-refractivity contribution in [2.75, 3.05) is 18.4 Å². The Hall–Kier alpha value is -1.78. The lowest BCUT2D eigenvalue weighted by Crippen LogP contribution is -2.22. The molecule has 1 aliphatic rings. The number of anilines is 1. The summed E-state index contributed by atoms with van der Waals surface area (Å²) in [5.74, 6) is 2.54. The molecule has 124 valence electrons. The van der Waals surface area contributed by atoms with E-state index in [1.807, 2.05) is 5.38 Å². The van der Waals surface area contributed by atoms with E-state index < -0.39 is 5.66 Å². The predicted molar refractivity (Wildman–Crippen MR) is 92.3 cm³/mol. The monoisotopic (exact) mass is 333 g/mol. The molecular weight excluding hydrogens is 310 g/mol. The van der Waals surface area contributed by atoms with Crippen molar-refractivity contribution in [1.29, 1.82) is 0 Å². The molecular formula is C16H23N5OS. The highest BCUT2D eigenvalue weighted by Crippen LogP contribution is 2.37. The molecule has 0 unspecified atom stereocenters. The van der Waals surface area contributed by atoms with Gasteiger partial charge in [-0.15, -0.1) is 23.7 Å². The van der Waals surface area contributed by atoms with Gasteiger partial charge in [0.25, 0.3) is 0 Å². The highest BCUT2D eigenvalue weighted by molar-refractivity contribution is 7.13. The molecule has 2 heterocycles. The summed E-state index contributed by atoms with van der Waals surface area (Å²) in [5.41, 5.74) is 0.590. The summed E-state index contributed by atoms with van der Waals surface area (Å²) in [6.07, 6.45) is 7.60. The predicted octanol–water partition coefficient (Wildman–Crippen LogP) is 3.28. The lowest BCUT2D eigenvalue weighted by atomic mass is 10.0. The van der Waals surface area contributed by atoms with E-state index in [1.54, 1.807) is 0 Å². The van der Waals surface area contributed by atoms with Crippen molar-refractivity contribution in [3.05, 3.63) is 11.1 Å². The van der Waals surface area contributed by atoms with Crippen LogP contribution in [-0.4, -0.2) is 34.5 Å². The van der Waals surface area contributed by atoms with E-state index in [1.165, 1.54) is 11.3 Å². The third-order valence-corrected chi connectivity index (χ3v) is 4.69. The summed E-state index contributed by atoms with van der Waals surface area (Å²) in [7, 11) is 0. The van der Waals surface area contributed by atoms with Gasteiger partial charge in [0.15, 0.2) is 10.8 Å². The van der Waals surface area contributed by atoms with Crippen LogP contribution in [0, 0.1) is 12.3 Å². The number of hydrogen-bond acceptors (Lipinski definition) is 6. The lowest BCUT2D eigenvalue weighted by molar-refractivity contribution is -0.116. The Labute approximate surface area is 141 Å². The number of hydrogen-bond donors (Lipinski definition) is 1. The molecule has 1 N–H and O–H groups in total. The molecule has 0 spiro atoms. The number of thiazole rings is 1. The fourth-order valence-corrected chi connectivity index (χ4v) is 2.99. The van der Waals surface area contributed by atoms with Gasteiger partial charge in [-0.2, -0.15) is 10.2 Å². The van der Waals surface area contributed by atoms with Crippen molar-refractivity contribution in [2.45, 2.75) is 51.7 Å². The summed E-state index contributed by atoms with van der Waals surface area (Å²) in [5, 5.41) is 13.6. The normalized spacial score (nSPS) is 14.7. The van der Waals surface area contributed by atoms with Gasteiger partial charge in [0, 0.05) is 37.6 Å². The van der Waals surface area contributed by atoms with Gasteiger partial charge in [-0.05, 0) is 13.1 Å². The Bertz CT molecular complexity index is 594. The molecule has 2 rings (SSSR count). The third kappa shape index (κ3) is 5.41. The maximum absolute atomic E-state index is 12.0. The first-order chi connectivity index (χ1) is 11.1. The third-order valence-electron chi connectivity index (χ3n) is 3.88. The standard InChI is InChI=1S/C16H23N5OS/c1-4-7-9-16(19-20-16)10-8-14(22)18-15-17-13(12-23-15)11-21(5-2)6-3/h1,12H,5-11H2,2-3H3,(H,17,18,22). The lowest BCUT2D eigenvalue weighted by Gasteiger charge is -2.15. The van der Waals surface area contributed by atoms with Crippen LogP contribution in [0.2, 0.25) is 0 Å². The van der Waals surface area contributed by atoms with Crippen molar-refractivity contribution in [3.63, 3.8) is 0 Å². The SMILES string of the molecule is C#CCCC1(CCC(=O)Nc2nc(CN(CC)CC)cs2)N=N1. The van der Waals surface area contributed by atoms with Crippen LogP contribution in [0.5, 0.6) is 0 Å². The van der Waals surface area contributed by atoms with Crippen LogP contribution in [0.1, 0.15) is 45.2 Å². The topological polar surface area (TPSA) is 70.0 Å². The summed E-state index contributed by atoms with van der Waals surface area (Å²) < 4.78 is 0. The van der Waals surface area contributed by atoms with Crippen LogP contribution in [0.3, 0.4) is 0 Å². The molecule has 1 aromatic rings. The zero-order chi connectivity index (χ0) is 16.7. The van der Waals surface area contributed by atoms with Gasteiger partial charge in [0.1, 0.15) is 0 Å². The molecule has 0 radical (unpaired) electrons. The number of terminal acetylenes is 1. The van der Waals surface area contributed by atoms with Crippen LogP contribution in [-0.2, 0) is 11.3 Å². The van der Waals surface area contributed by atoms with Crippen LogP contribution >= 0.6 is 11.3 Å². The fraction of sp³-hybridized carbons (Fsp3) is 0.625. The van der Waals surface area contributed by atoms with E-state index in [4.69, 9.17) is 6.42 Å². The molecule has 0 bridgehead atoms. The molecule has 0 aromatic carbocycles. The molecule has 0 saturated carbocycles. The summed E-state index contributed by atoms with van der Waals surface area (Å²) in [4.78, 5) is 18.8. The Morgan fingerprint density at radius 1 is 1.39 bits per heavy atom. The number of aromatic nitrogens is 1. The number of rotatable bonds is 10. The number of carbonyl (C=O) groups is 1. The minimum Gasteiger partial charge on any atom is -0.302 e. The second kappa shape index (κ2) is 8.18. The minimum atomic E-state index is -0.402. The van der Waals surface area contributed by atoms with E-state index in [2.05, 4.69) is 45.2 Å². The van der Waals surface area contributed by atoms with E-state index >= 15 is 0 Å². The highest BCUT2D eigenvalue weighted by Gasteiger charge is 2.39. The maximum Gasteiger partial charge on any atom is 0.226 e. The Morgan fingerprint density at radius 3 is 2.74 bits per heavy atom. The quantitative estimate of drug-likeness (QED) is 0.668. The fourth-order valence-electron chi connectivity index (χ4n) is 2.28. The second-order valence-corrected chi connectivity index (χ2v) is 6.40. The van der Waals surface area contributed by atoms with Crippen molar-refractivity contribution in [1.82, 2.24) is 9.88 Å². The van der Waals surface area contributed by atoms with Gasteiger partial charge in [-0.1, -0.05) is 13.8 Å². The average Bonchev–Trinajstić information content (AvgIpc) is 3.21. The van der Waals surface area contributed by atoms with Crippen LogP contribution < -0.4 is 5.32 Å². The highest BCUT2D eigenvalue weighted by atomic mass is 32.1. The molecule has 1 aromatic heterocycles. The summed E-state index contributed by atoms with van der Waals surface area (Å²) in [6.45, 7) is 7.04. The molecule has 0 saturated heterocycles. The molecule has 1 amide bonds. The zero-order valence-corrected chi connectivity index (χ0v) is 14.5. The van der Waals surface area contributed by atoms with E-state index in [9.17, 15) is 4.79 Å². The first-order valence-corrected chi connectivity index (χ1v) is 8.83. The van der Waals surface area contributed by atoms with Crippen molar-refractivity contribution in [3.8, 4) is 12.3 Å². The Balaban J connectivity index is 1.75. The second-order valence-electron chi connectivity index (χ2n) is 5.54. The molecule has 23 heavy (non-hydrogen) atoms. The number of amides is 1. The average molecular weight is 333 g/mol. The van der Waals surface area contributed by atoms with Gasteiger partial charge in [-0.3, -0.25) is 9.69 Å². The maximum atomic E-state index is 12.0. The van der Waals surface area contributed by atoms with Crippen molar-refractivity contribution in [2.24, 2.45) is 10.2 Å². The Morgan fingerprint density at radius 2 is 2.13 bits per heavy atom. The smallest absolute Gasteiger partial charge is 0.226 e. The van der Waals surface area contributed by atoms with Gasteiger partial charge < -0.3 is 5.32 Å². The summed E-state index contributed by atoms with van der Waals surface area (Å²) in [6, 6.07) is 0. The van der Waals surface area contributed by atoms with Gasteiger partial charge in [-0.25, -0.2) is 4.98 Å². The van der Waals surface area contributed by atoms with Crippen molar-refractivity contribution < 1.29 is 4.79 Å². The molecule has 7 heteroatoms. The molecule has 0 atom stereocenters.